The van der Waals surface area contributed by atoms with E-state index in [1.807, 2.05) is 0 Å². The topological polar surface area (TPSA) is 3.24 Å². The first-order valence-corrected chi connectivity index (χ1v) is 21.0. The fourth-order valence-corrected chi connectivity index (χ4v) is 10.6. The van der Waals surface area contributed by atoms with Crippen molar-refractivity contribution >= 4 is 26.7 Å². The summed E-state index contributed by atoms with van der Waals surface area (Å²) in [6, 6.07) is 24.0. The molecule has 0 saturated carbocycles. The Bertz CT molecular complexity index is 858. The molecule has 0 fully saturated rings. The van der Waals surface area contributed by atoms with E-state index in [9.17, 15) is 0 Å². The Morgan fingerprint density at radius 3 is 1.72 bits per heavy atom. The third-order valence-electron chi connectivity index (χ3n) is 7.86. The van der Waals surface area contributed by atoms with Gasteiger partial charge in [0.1, 0.15) is 0 Å². The highest BCUT2D eigenvalue weighted by Crippen LogP contribution is 2.25. The van der Waals surface area contributed by atoms with Crippen LogP contribution in [0.3, 0.4) is 0 Å². The fourth-order valence-electron chi connectivity index (χ4n) is 5.34. The summed E-state index contributed by atoms with van der Waals surface area (Å²) in [4.78, 5) is 0. The monoisotopic (exact) mass is 521 g/mol. The first-order valence-electron chi connectivity index (χ1n) is 14.9. The highest BCUT2D eigenvalue weighted by Gasteiger charge is 2.31. The van der Waals surface area contributed by atoms with Crippen molar-refractivity contribution in [3.63, 3.8) is 0 Å². The Morgan fingerprint density at radius 2 is 1.14 bits per heavy atom. The minimum absolute atomic E-state index is 1.20. The molecule has 0 saturated heterocycles. The largest absolute Gasteiger partial charge is 0.400 e. The van der Waals surface area contributed by atoms with Crippen LogP contribution in [-0.2, 0) is 0 Å². The van der Waals surface area contributed by atoms with Crippen LogP contribution in [0.2, 0.25) is 32.2 Å². The normalized spacial score (nSPS) is 12.7. The standard InChI is InChI=1S/C33H55NSi2/c1-7-9-11-13-14-22-28-34(36(5,6)33-26-20-16-21-27-33)29-31(23-17-12-10-8-2)30-35(3,4)32-24-18-15-19-25-32/h15-16,18-21,24-27,29H,7-14,17,22-23,28,30H2,1-6H3/b31-29+. The zero-order chi connectivity index (χ0) is 26.3. The SMILES string of the molecule is CCCCCCCCN(/C=C(\CCCCCC)C[Si](C)(C)c1ccccc1)[Si](C)(C)c1ccccc1. The van der Waals surface area contributed by atoms with Gasteiger partial charge in [0, 0.05) is 6.54 Å². The van der Waals surface area contributed by atoms with E-state index >= 15 is 0 Å². The molecular formula is C33H55NSi2. The minimum Gasteiger partial charge on any atom is -0.400 e. The lowest BCUT2D eigenvalue weighted by atomic mass is 10.1. The van der Waals surface area contributed by atoms with Crippen molar-refractivity contribution < 1.29 is 0 Å². The van der Waals surface area contributed by atoms with E-state index in [1.165, 1.54) is 83.2 Å². The van der Waals surface area contributed by atoms with Gasteiger partial charge in [0.25, 0.3) is 0 Å². The van der Waals surface area contributed by atoms with Gasteiger partial charge in [-0.15, -0.1) is 0 Å². The van der Waals surface area contributed by atoms with E-state index in [4.69, 9.17) is 0 Å². The van der Waals surface area contributed by atoms with Gasteiger partial charge in [-0.2, -0.15) is 0 Å². The molecule has 0 heterocycles. The summed E-state index contributed by atoms with van der Waals surface area (Å²) in [6.45, 7) is 16.1. The molecule has 0 amide bonds. The van der Waals surface area contributed by atoms with Gasteiger partial charge in [0.2, 0.25) is 0 Å². The van der Waals surface area contributed by atoms with Crippen LogP contribution in [0.25, 0.3) is 0 Å². The zero-order valence-electron chi connectivity index (χ0n) is 24.5. The van der Waals surface area contributed by atoms with Crippen LogP contribution >= 0.6 is 0 Å². The smallest absolute Gasteiger partial charge is 0.181 e. The van der Waals surface area contributed by atoms with Crippen molar-refractivity contribution in [3.05, 3.63) is 72.4 Å². The molecule has 0 aromatic heterocycles. The molecule has 0 aliphatic heterocycles. The van der Waals surface area contributed by atoms with Crippen LogP contribution in [0.4, 0.5) is 0 Å². The molecule has 0 bridgehead atoms. The second-order valence-corrected chi connectivity index (χ2v) is 20.9. The van der Waals surface area contributed by atoms with Crippen molar-refractivity contribution in [1.82, 2.24) is 4.57 Å². The maximum atomic E-state index is 2.84. The van der Waals surface area contributed by atoms with Crippen molar-refractivity contribution in [2.75, 3.05) is 6.54 Å². The lowest BCUT2D eigenvalue weighted by Gasteiger charge is -2.38. The lowest BCUT2D eigenvalue weighted by Crippen LogP contribution is -2.56. The summed E-state index contributed by atoms with van der Waals surface area (Å²) in [7, 11) is -3.33. The molecule has 2 aromatic carbocycles. The van der Waals surface area contributed by atoms with Crippen LogP contribution in [0.15, 0.2) is 72.4 Å². The van der Waals surface area contributed by atoms with E-state index in [1.54, 1.807) is 15.9 Å². The summed E-state index contributed by atoms with van der Waals surface area (Å²) < 4.78 is 2.84. The number of rotatable bonds is 18. The number of nitrogens with zero attached hydrogens (tertiary/aromatic N) is 1. The van der Waals surface area contributed by atoms with Crippen molar-refractivity contribution in [2.45, 2.75) is 117 Å². The third-order valence-corrected chi connectivity index (χ3v) is 14.6. The number of benzene rings is 2. The van der Waals surface area contributed by atoms with Crippen LogP contribution < -0.4 is 10.4 Å². The Labute approximate surface area is 226 Å². The van der Waals surface area contributed by atoms with E-state index in [0.717, 1.165) is 0 Å². The molecule has 2 aromatic rings. The molecule has 2 rings (SSSR count). The molecule has 0 aliphatic carbocycles. The van der Waals surface area contributed by atoms with Crippen LogP contribution in [0.5, 0.6) is 0 Å². The summed E-state index contributed by atoms with van der Waals surface area (Å²) in [5.41, 5.74) is 1.70. The fraction of sp³-hybridized carbons (Fsp3) is 0.576. The van der Waals surface area contributed by atoms with Crippen LogP contribution in [0.1, 0.15) is 84.5 Å². The molecule has 1 nitrogen and oxygen atoms in total. The minimum atomic E-state index is -1.78. The Balaban J connectivity index is 2.31. The number of hydrogen-bond donors (Lipinski definition) is 0. The molecule has 0 unspecified atom stereocenters. The van der Waals surface area contributed by atoms with E-state index < -0.39 is 16.3 Å². The van der Waals surface area contributed by atoms with Gasteiger partial charge in [0.05, 0.1) is 8.07 Å². The predicted molar refractivity (Wildman–Crippen MR) is 169 cm³/mol. The second kappa shape index (κ2) is 16.3. The van der Waals surface area contributed by atoms with Gasteiger partial charge < -0.3 is 4.57 Å². The molecule has 0 atom stereocenters. The van der Waals surface area contributed by atoms with E-state index in [2.05, 4.69) is 111 Å². The van der Waals surface area contributed by atoms with Crippen LogP contribution in [-0.4, -0.2) is 27.4 Å². The van der Waals surface area contributed by atoms with Crippen molar-refractivity contribution in [1.29, 1.82) is 0 Å². The summed E-state index contributed by atoms with van der Waals surface area (Å²) in [6.07, 6.45) is 17.5. The Hall–Kier alpha value is -1.59. The Morgan fingerprint density at radius 1 is 0.639 bits per heavy atom. The van der Waals surface area contributed by atoms with Crippen molar-refractivity contribution in [2.24, 2.45) is 0 Å². The van der Waals surface area contributed by atoms with Gasteiger partial charge in [-0.25, -0.2) is 0 Å². The highest BCUT2D eigenvalue weighted by molar-refractivity contribution is 6.90. The molecule has 3 heteroatoms. The van der Waals surface area contributed by atoms with Gasteiger partial charge >= 0.3 is 0 Å². The zero-order valence-corrected chi connectivity index (χ0v) is 26.5. The first kappa shape index (κ1) is 30.6. The maximum absolute atomic E-state index is 2.84. The molecule has 36 heavy (non-hydrogen) atoms. The van der Waals surface area contributed by atoms with Gasteiger partial charge in [-0.3, -0.25) is 0 Å². The molecule has 0 N–H and O–H groups in total. The molecular weight excluding hydrogens is 467 g/mol. The molecule has 200 valence electrons. The molecule has 0 radical (unpaired) electrons. The summed E-state index contributed by atoms with van der Waals surface area (Å²) in [5, 5.41) is 3.14. The average Bonchev–Trinajstić information content (AvgIpc) is 2.88. The van der Waals surface area contributed by atoms with Crippen molar-refractivity contribution in [3.8, 4) is 0 Å². The van der Waals surface area contributed by atoms with Gasteiger partial charge in [0.15, 0.2) is 8.24 Å². The average molecular weight is 522 g/mol. The summed E-state index contributed by atoms with van der Waals surface area (Å²) >= 11 is 0. The maximum Gasteiger partial charge on any atom is 0.181 e. The van der Waals surface area contributed by atoms with Gasteiger partial charge in [-0.05, 0) is 49.8 Å². The number of hydrogen-bond acceptors (Lipinski definition) is 1. The number of unbranched alkanes of at least 4 members (excludes halogenated alkanes) is 8. The first-order chi connectivity index (χ1) is 17.3. The van der Waals surface area contributed by atoms with Crippen LogP contribution in [0, 0.1) is 0 Å². The predicted octanol–water partition coefficient (Wildman–Crippen LogP) is 9.23. The molecule has 0 aliphatic rings. The third kappa shape index (κ3) is 10.4. The van der Waals surface area contributed by atoms with E-state index in [-0.39, 0.29) is 0 Å². The highest BCUT2D eigenvalue weighted by atomic mass is 28.3. The lowest BCUT2D eigenvalue weighted by molar-refractivity contribution is 0.500. The quantitative estimate of drug-likeness (QED) is 0.139. The molecule has 0 spiro atoms. The van der Waals surface area contributed by atoms with E-state index in [0.29, 0.717) is 0 Å². The summed E-state index contributed by atoms with van der Waals surface area (Å²) in [5.74, 6) is 0. The second-order valence-electron chi connectivity index (χ2n) is 11.9. The van der Waals surface area contributed by atoms with Gasteiger partial charge in [-0.1, -0.05) is 150 Å². The Kier molecular flexibility index (Phi) is 13.9. The number of allylic oxidation sites excluding steroid dienone is 1.